The standard InChI is InChI=1S/C23H27FN2O4/c1-29-20-7-6-18(14-21(20)30-2)23(28)25-15-16-8-10-26(11-9-16)22(27)13-17-4-3-5-19(24)12-17/h3-7,12,14,16H,8-11,13,15H2,1-2H3,(H,25,28). The maximum Gasteiger partial charge on any atom is 0.251 e. The highest BCUT2D eigenvalue weighted by atomic mass is 19.1. The minimum absolute atomic E-state index is 0.00779. The molecule has 0 aliphatic carbocycles. The quantitative estimate of drug-likeness (QED) is 0.756. The van der Waals surface area contributed by atoms with E-state index in [4.69, 9.17) is 9.47 Å². The van der Waals surface area contributed by atoms with Gasteiger partial charge in [0.1, 0.15) is 5.82 Å². The maximum absolute atomic E-state index is 13.3. The van der Waals surface area contributed by atoms with Crippen molar-refractivity contribution in [2.45, 2.75) is 19.3 Å². The van der Waals surface area contributed by atoms with Gasteiger partial charge in [-0.25, -0.2) is 4.39 Å². The largest absolute Gasteiger partial charge is 0.493 e. The molecule has 1 fully saturated rings. The van der Waals surface area contributed by atoms with Crippen LogP contribution in [0.3, 0.4) is 0 Å². The van der Waals surface area contributed by atoms with Crippen LogP contribution in [0.4, 0.5) is 4.39 Å². The highest BCUT2D eigenvalue weighted by molar-refractivity contribution is 5.94. The molecule has 1 saturated heterocycles. The fourth-order valence-corrected chi connectivity index (χ4v) is 3.64. The van der Waals surface area contributed by atoms with Crippen molar-refractivity contribution in [1.82, 2.24) is 10.2 Å². The van der Waals surface area contributed by atoms with Gasteiger partial charge < -0.3 is 19.7 Å². The molecule has 0 bridgehead atoms. The van der Waals surface area contributed by atoms with Crippen molar-refractivity contribution < 1.29 is 23.5 Å². The smallest absolute Gasteiger partial charge is 0.251 e. The first-order valence-corrected chi connectivity index (χ1v) is 10.0. The van der Waals surface area contributed by atoms with Crippen LogP contribution in [0.1, 0.15) is 28.8 Å². The Morgan fingerprint density at radius 1 is 1.07 bits per heavy atom. The molecular formula is C23H27FN2O4. The van der Waals surface area contributed by atoms with E-state index in [2.05, 4.69) is 5.32 Å². The number of carbonyl (C=O) groups is 2. The van der Waals surface area contributed by atoms with E-state index in [0.29, 0.717) is 48.2 Å². The molecule has 7 heteroatoms. The summed E-state index contributed by atoms with van der Waals surface area (Å²) in [6, 6.07) is 11.2. The fraction of sp³-hybridized carbons (Fsp3) is 0.391. The maximum atomic E-state index is 13.3. The first kappa shape index (κ1) is 21.6. The number of amides is 2. The number of hydrogen-bond donors (Lipinski definition) is 1. The lowest BCUT2D eigenvalue weighted by Crippen LogP contribution is -2.42. The summed E-state index contributed by atoms with van der Waals surface area (Å²) >= 11 is 0. The molecule has 1 aliphatic rings. The Labute approximate surface area is 176 Å². The molecule has 2 aromatic rings. The van der Waals surface area contributed by atoms with Gasteiger partial charge in [-0.15, -0.1) is 0 Å². The summed E-state index contributed by atoms with van der Waals surface area (Å²) in [6.45, 7) is 1.84. The van der Waals surface area contributed by atoms with Crippen LogP contribution in [0.5, 0.6) is 11.5 Å². The average molecular weight is 414 g/mol. The lowest BCUT2D eigenvalue weighted by molar-refractivity contribution is -0.131. The number of carbonyl (C=O) groups excluding carboxylic acids is 2. The van der Waals surface area contributed by atoms with Gasteiger partial charge in [-0.2, -0.15) is 0 Å². The molecule has 0 aromatic heterocycles. The Morgan fingerprint density at radius 3 is 2.47 bits per heavy atom. The summed E-state index contributed by atoms with van der Waals surface area (Å²) in [5.41, 5.74) is 1.19. The van der Waals surface area contributed by atoms with Crippen molar-refractivity contribution >= 4 is 11.8 Å². The second-order valence-electron chi connectivity index (χ2n) is 7.41. The van der Waals surface area contributed by atoms with Gasteiger partial charge in [0.2, 0.25) is 5.91 Å². The number of likely N-dealkylation sites (tertiary alicyclic amines) is 1. The van der Waals surface area contributed by atoms with Crippen LogP contribution in [-0.4, -0.2) is 50.6 Å². The van der Waals surface area contributed by atoms with E-state index in [0.717, 1.165) is 12.8 Å². The highest BCUT2D eigenvalue weighted by Crippen LogP contribution is 2.27. The van der Waals surface area contributed by atoms with Crippen LogP contribution < -0.4 is 14.8 Å². The number of ether oxygens (including phenoxy) is 2. The van der Waals surface area contributed by atoms with Gasteiger partial charge in [0, 0.05) is 25.2 Å². The molecule has 0 atom stereocenters. The predicted octanol–water partition coefficient (Wildman–Crippen LogP) is 3.05. The molecule has 1 heterocycles. The third-order valence-corrected chi connectivity index (χ3v) is 5.41. The summed E-state index contributed by atoms with van der Waals surface area (Å²) in [7, 11) is 3.08. The minimum atomic E-state index is -0.329. The SMILES string of the molecule is COc1ccc(C(=O)NCC2CCN(C(=O)Cc3cccc(F)c3)CC2)cc1OC. The average Bonchev–Trinajstić information content (AvgIpc) is 2.77. The number of rotatable bonds is 7. The lowest BCUT2D eigenvalue weighted by Gasteiger charge is -2.32. The predicted molar refractivity (Wildman–Crippen MR) is 111 cm³/mol. The number of benzene rings is 2. The zero-order valence-corrected chi connectivity index (χ0v) is 17.3. The molecule has 2 aromatic carbocycles. The third-order valence-electron chi connectivity index (χ3n) is 5.41. The normalized spacial score (nSPS) is 14.3. The molecule has 0 radical (unpaired) electrons. The zero-order chi connectivity index (χ0) is 21.5. The fourth-order valence-electron chi connectivity index (χ4n) is 3.64. The number of nitrogens with one attached hydrogen (secondary N) is 1. The molecule has 0 spiro atoms. The monoisotopic (exact) mass is 414 g/mol. The first-order valence-electron chi connectivity index (χ1n) is 10.0. The number of methoxy groups -OCH3 is 2. The van der Waals surface area contributed by atoms with E-state index in [-0.39, 0.29) is 24.1 Å². The van der Waals surface area contributed by atoms with E-state index in [9.17, 15) is 14.0 Å². The summed E-state index contributed by atoms with van der Waals surface area (Å²) < 4.78 is 23.7. The Morgan fingerprint density at radius 2 is 1.80 bits per heavy atom. The summed E-state index contributed by atoms with van der Waals surface area (Å²) in [5.74, 6) is 0.908. The molecule has 0 saturated carbocycles. The van der Waals surface area contributed by atoms with Crippen LogP contribution in [0, 0.1) is 11.7 Å². The van der Waals surface area contributed by atoms with E-state index in [1.807, 2.05) is 4.90 Å². The molecule has 2 amide bonds. The number of hydrogen-bond acceptors (Lipinski definition) is 4. The van der Waals surface area contributed by atoms with Crippen LogP contribution in [0.15, 0.2) is 42.5 Å². The molecular weight excluding hydrogens is 387 g/mol. The summed E-state index contributed by atoms with van der Waals surface area (Å²) in [6.07, 6.45) is 1.85. The first-order chi connectivity index (χ1) is 14.5. The van der Waals surface area contributed by atoms with Crippen molar-refractivity contribution in [2.24, 2.45) is 5.92 Å². The van der Waals surface area contributed by atoms with Gasteiger partial charge in [0.25, 0.3) is 5.91 Å². The van der Waals surface area contributed by atoms with Crippen molar-refractivity contribution in [1.29, 1.82) is 0 Å². The van der Waals surface area contributed by atoms with Gasteiger partial charge in [0.15, 0.2) is 11.5 Å². The number of nitrogens with zero attached hydrogens (tertiary/aromatic N) is 1. The number of halogens is 1. The molecule has 0 unspecified atom stereocenters. The van der Waals surface area contributed by atoms with Crippen LogP contribution in [-0.2, 0) is 11.2 Å². The van der Waals surface area contributed by atoms with Crippen LogP contribution in [0.2, 0.25) is 0 Å². The van der Waals surface area contributed by atoms with Gasteiger partial charge in [-0.05, 0) is 54.7 Å². The number of piperidine rings is 1. The summed E-state index contributed by atoms with van der Waals surface area (Å²) in [5, 5.41) is 2.97. The molecule has 6 nitrogen and oxygen atoms in total. The second kappa shape index (κ2) is 10.1. The second-order valence-corrected chi connectivity index (χ2v) is 7.41. The van der Waals surface area contributed by atoms with Crippen molar-refractivity contribution in [3.8, 4) is 11.5 Å². The van der Waals surface area contributed by atoms with Gasteiger partial charge in [-0.1, -0.05) is 12.1 Å². The van der Waals surface area contributed by atoms with Crippen molar-refractivity contribution in [3.63, 3.8) is 0 Å². The van der Waals surface area contributed by atoms with Crippen LogP contribution >= 0.6 is 0 Å². The van der Waals surface area contributed by atoms with Gasteiger partial charge in [0.05, 0.1) is 20.6 Å². The Balaban J connectivity index is 1.45. The van der Waals surface area contributed by atoms with E-state index >= 15 is 0 Å². The lowest BCUT2D eigenvalue weighted by atomic mass is 9.96. The summed E-state index contributed by atoms with van der Waals surface area (Å²) in [4.78, 5) is 26.7. The zero-order valence-electron chi connectivity index (χ0n) is 17.3. The Kier molecular flexibility index (Phi) is 7.27. The third kappa shape index (κ3) is 5.49. The minimum Gasteiger partial charge on any atom is -0.493 e. The van der Waals surface area contributed by atoms with Gasteiger partial charge in [-0.3, -0.25) is 9.59 Å². The van der Waals surface area contributed by atoms with E-state index in [1.165, 1.54) is 19.2 Å². The molecule has 1 aliphatic heterocycles. The Hall–Kier alpha value is -3.09. The van der Waals surface area contributed by atoms with Crippen molar-refractivity contribution in [3.05, 3.63) is 59.4 Å². The topological polar surface area (TPSA) is 67.9 Å². The molecule has 1 N–H and O–H groups in total. The Bertz CT molecular complexity index is 895. The van der Waals surface area contributed by atoms with E-state index < -0.39 is 0 Å². The van der Waals surface area contributed by atoms with E-state index in [1.54, 1.807) is 37.4 Å². The molecule has 30 heavy (non-hydrogen) atoms. The van der Waals surface area contributed by atoms with Crippen LogP contribution in [0.25, 0.3) is 0 Å². The molecule has 3 rings (SSSR count). The van der Waals surface area contributed by atoms with Crippen molar-refractivity contribution in [2.75, 3.05) is 33.9 Å². The molecule has 160 valence electrons. The highest BCUT2D eigenvalue weighted by Gasteiger charge is 2.23. The van der Waals surface area contributed by atoms with Gasteiger partial charge >= 0.3 is 0 Å².